The first-order chi connectivity index (χ1) is 8.91. The highest BCUT2D eigenvalue weighted by molar-refractivity contribution is 9.10. The van der Waals surface area contributed by atoms with Crippen molar-refractivity contribution in [2.75, 3.05) is 0 Å². The molecule has 5 heteroatoms. The van der Waals surface area contributed by atoms with Crippen LogP contribution in [-0.2, 0) is 0 Å². The highest BCUT2D eigenvalue weighted by Gasteiger charge is 2.20. The van der Waals surface area contributed by atoms with Crippen LogP contribution in [0.4, 0.5) is 13.2 Å². The molecule has 0 spiro atoms. The number of halogens is 4. The van der Waals surface area contributed by atoms with Crippen molar-refractivity contribution >= 4 is 15.9 Å². The number of rotatable bonds is 2. The minimum absolute atomic E-state index is 0.00519. The molecule has 0 saturated carbocycles. The zero-order valence-electron chi connectivity index (χ0n) is 10.1. The van der Waals surface area contributed by atoms with Crippen LogP contribution in [0.15, 0.2) is 34.8 Å². The summed E-state index contributed by atoms with van der Waals surface area (Å²) in [7, 11) is 0. The number of benzene rings is 2. The van der Waals surface area contributed by atoms with Crippen molar-refractivity contribution in [2.45, 2.75) is 13.0 Å². The molecule has 0 heterocycles. The van der Waals surface area contributed by atoms with Crippen LogP contribution in [0, 0.1) is 24.4 Å². The number of nitrogens with two attached hydrogens (primary N) is 1. The maximum absolute atomic E-state index is 13.9. The first-order valence-electron chi connectivity index (χ1n) is 5.57. The maximum Gasteiger partial charge on any atom is 0.164 e. The monoisotopic (exact) mass is 329 g/mol. The molecule has 0 saturated heterocycles. The molecule has 1 nitrogen and oxygen atoms in total. The van der Waals surface area contributed by atoms with Gasteiger partial charge >= 0.3 is 0 Å². The van der Waals surface area contributed by atoms with Gasteiger partial charge in [-0.2, -0.15) is 0 Å². The van der Waals surface area contributed by atoms with Crippen molar-refractivity contribution in [3.8, 4) is 0 Å². The second-order valence-electron chi connectivity index (χ2n) is 4.24. The normalized spacial score (nSPS) is 12.5. The Kier molecular flexibility index (Phi) is 3.96. The summed E-state index contributed by atoms with van der Waals surface area (Å²) in [5, 5.41) is 0. The summed E-state index contributed by atoms with van der Waals surface area (Å²) >= 11 is 3.22. The minimum Gasteiger partial charge on any atom is -0.320 e. The van der Waals surface area contributed by atoms with E-state index in [1.54, 1.807) is 0 Å². The molecule has 0 radical (unpaired) electrons. The van der Waals surface area contributed by atoms with Gasteiger partial charge in [0.1, 0.15) is 5.82 Å². The van der Waals surface area contributed by atoms with Crippen molar-refractivity contribution in [2.24, 2.45) is 5.73 Å². The maximum atomic E-state index is 13.9. The third-order valence-corrected chi connectivity index (χ3v) is 3.66. The van der Waals surface area contributed by atoms with Crippen LogP contribution in [-0.4, -0.2) is 0 Å². The van der Waals surface area contributed by atoms with Crippen molar-refractivity contribution in [1.82, 2.24) is 0 Å². The first-order valence-corrected chi connectivity index (χ1v) is 6.36. The van der Waals surface area contributed by atoms with Crippen LogP contribution in [0.2, 0.25) is 0 Å². The smallest absolute Gasteiger partial charge is 0.164 e. The number of hydrogen-bond acceptors (Lipinski definition) is 1. The molecule has 1 atom stereocenters. The molecular weight excluding hydrogens is 319 g/mol. The van der Waals surface area contributed by atoms with Crippen molar-refractivity contribution in [3.63, 3.8) is 0 Å². The van der Waals surface area contributed by atoms with Gasteiger partial charge in [0.15, 0.2) is 11.6 Å². The van der Waals surface area contributed by atoms with Gasteiger partial charge in [-0.05, 0) is 36.2 Å². The van der Waals surface area contributed by atoms with E-state index in [9.17, 15) is 13.2 Å². The SMILES string of the molecule is Cc1ccc(C(N)c2cc(F)ccc2Br)c(F)c1F. The summed E-state index contributed by atoms with van der Waals surface area (Å²) in [5.74, 6) is -2.41. The van der Waals surface area contributed by atoms with Gasteiger partial charge in [-0.1, -0.05) is 28.1 Å². The Balaban J connectivity index is 2.53. The lowest BCUT2D eigenvalue weighted by Gasteiger charge is -2.16. The topological polar surface area (TPSA) is 26.0 Å². The van der Waals surface area contributed by atoms with Crippen molar-refractivity contribution in [3.05, 3.63) is 68.9 Å². The van der Waals surface area contributed by atoms with Crippen LogP contribution in [0.1, 0.15) is 22.7 Å². The van der Waals surface area contributed by atoms with E-state index in [1.807, 2.05) is 0 Å². The summed E-state index contributed by atoms with van der Waals surface area (Å²) in [6.45, 7) is 1.46. The zero-order valence-corrected chi connectivity index (χ0v) is 11.6. The Hall–Kier alpha value is -1.33. The molecule has 0 aliphatic heterocycles. The summed E-state index contributed by atoms with van der Waals surface area (Å²) in [4.78, 5) is 0. The lowest BCUT2D eigenvalue weighted by Crippen LogP contribution is -2.15. The highest BCUT2D eigenvalue weighted by Crippen LogP contribution is 2.30. The van der Waals surface area contributed by atoms with E-state index in [2.05, 4.69) is 15.9 Å². The molecule has 19 heavy (non-hydrogen) atoms. The van der Waals surface area contributed by atoms with Gasteiger partial charge in [0.05, 0.1) is 6.04 Å². The average molecular weight is 330 g/mol. The molecule has 0 bridgehead atoms. The predicted molar refractivity (Wildman–Crippen MR) is 71.2 cm³/mol. The molecule has 0 amide bonds. The van der Waals surface area contributed by atoms with E-state index in [0.29, 0.717) is 10.0 Å². The van der Waals surface area contributed by atoms with E-state index in [4.69, 9.17) is 5.73 Å². The van der Waals surface area contributed by atoms with E-state index >= 15 is 0 Å². The summed E-state index contributed by atoms with van der Waals surface area (Å²) in [5.41, 5.74) is 6.46. The van der Waals surface area contributed by atoms with Gasteiger partial charge in [0.25, 0.3) is 0 Å². The molecule has 0 fully saturated rings. The van der Waals surface area contributed by atoms with Crippen LogP contribution in [0.25, 0.3) is 0 Å². The fourth-order valence-electron chi connectivity index (χ4n) is 1.82. The lowest BCUT2D eigenvalue weighted by molar-refractivity contribution is 0.489. The molecule has 0 aliphatic carbocycles. The molecule has 2 aromatic carbocycles. The third kappa shape index (κ3) is 2.67. The minimum atomic E-state index is -0.997. The molecule has 2 N–H and O–H groups in total. The number of aryl methyl sites for hydroxylation is 1. The van der Waals surface area contributed by atoms with Gasteiger partial charge < -0.3 is 5.73 Å². The molecule has 2 rings (SSSR count). The summed E-state index contributed by atoms with van der Waals surface area (Å²) in [6, 6.07) is 5.85. The Labute approximate surface area is 117 Å². The molecule has 0 aromatic heterocycles. The lowest BCUT2D eigenvalue weighted by atomic mass is 9.97. The fraction of sp³-hybridized carbons (Fsp3) is 0.143. The van der Waals surface area contributed by atoms with Gasteiger partial charge in [0.2, 0.25) is 0 Å². The van der Waals surface area contributed by atoms with Crippen LogP contribution in [0.3, 0.4) is 0 Å². The van der Waals surface area contributed by atoms with Crippen molar-refractivity contribution < 1.29 is 13.2 Å². The molecule has 2 aromatic rings. The summed E-state index contributed by atoms with van der Waals surface area (Å²) in [6.07, 6.45) is 0. The predicted octanol–water partition coefficient (Wildman–Crippen LogP) is 4.22. The highest BCUT2D eigenvalue weighted by atomic mass is 79.9. The van der Waals surface area contributed by atoms with Gasteiger partial charge in [-0.3, -0.25) is 0 Å². The standard InChI is InChI=1S/C14H11BrF3N/c1-7-2-4-9(13(18)12(7)17)14(19)10-6-8(16)3-5-11(10)15/h2-6,14H,19H2,1H3. The van der Waals surface area contributed by atoms with Gasteiger partial charge in [0, 0.05) is 10.0 Å². The molecule has 0 aliphatic rings. The van der Waals surface area contributed by atoms with E-state index in [1.165, 1.54) is 37.3 Å². The quantitative estimate of drug-likeness (QED) is 0.876. The largest absolute Gasteiger partial charge is 0.320 e. The Morgan fingerprint density at radius 2 is 1.68 bits per heavy atom. The first kappa shape index (κ1) is 14.1. The second kappa shape index (κ2) is 5.35. The van der Waals surface area contributed by atoms with Crippen LogP contribution in [0.5, 0.6) is 0 Å². The van der Waals surface area contributed by atoms with E-state index in [-0.39, 0.29) is 11.1 Å². The fourth-order valence-corrected chi connectivity index (χ4v) is 2.31. The Bertz CT molecular complexity index is 628. The zero-order chi connectivity index (χ0) is 14.2. The van der Waals surface area contributed by atoms with Gasteiger partial charge in [-0.15, -0.1) is 0 Å². The second-order valence-corrected chi connectivity index (χ2v) is 5.10. The van der Waals surface area contributed by atoms with E-state index in [0.717, 1.165) is 0 Å². The summed E-state index contributed by atoms with van der Waals surface area (Å²) < 4.78 is 41.2. The Morgan fingerprint density at radius 3 is 2.37 bits per heavy atom. The van der Waals surface area contributed by atoms with Crippen LogP contribution >= 0.6 is 15.9 Å². The third-order valence-electron chi connectivity index (χ3n) is 2.93. The average Bonchev–Trinajstić information content (AvgIpc) is 2.38. The number of hydrogen-bond donors (Lipinski definition) is 1. The Morgan fingerprint density at radius 1 is 1.00 bits per heavy atom. The molecule has 1 unspecified atom stereocenters. The molecular formula is C14H11BrF3N. The van der Waals surface area contributed by atoms with Crippen molar-refractivity contribution in [1.29, 1.82) is 0 Å². The van der Waals surface area contributed by atoms with Gasteiger partial charge in [-0.25, -0.2) is 13.2 Å². The van der Waals surface area contributed by atoms with E-state index < -0.39 is 23.5 Å². The molecule has 100 valence electrons. The van der Waals surface area contributed by atoms with Crippen LogP contribution < -0.4 is 5.73 Å².